The summed E-state index contributed by atoms with van der Waals surface area (Å²) in [6.45, 7) is 7.70. The van der Waals surface area contributed by atoms with E-state index in [1.807, 2.05) is 42.6 Å². The molecule has 0 spiro atoms. The van der Waals surface area contributed by atoms with Gasteiger partial charge in [-0.1, -0.05) is 23.7 Å². The van der Waals surface area contributed by atoms with Crippen molar-refractivity contribution in [1.82, 2.24) is 14.9 Å². The van der Waals surface area contributed by atoms with Crippen molar-refractivity contribution in [3.63, 3.8) is 0 Å². The molecule has 0 bridgehead atoms. The van der Waals surface area contributed by atoms with Crippen LogP contribution >= 0.6 is 23.8 Å². The average Bonchev–Trinajstić information content (AvgIpc) is 3.05. The van der Waals surface area contributed by atoms with E-state index in [0.717, 1.165) is 40.6 Å². The van der Waals surface area contributed by atoms with E-state index in [-0.39, 0.29) is 0 Å². The molecule has 2 aromatic carbocycles. The summed E-state index contributed by atoms with van der Waals surface area (Å²) >= 11 is 12.1. The van der Waals surface area contributed by atoms with Gasteiger partial charge in [0.15, 0.2) is 5.11 Å². The van der Waals surface area contributed by atoms with Crippen molar-refractivity contribution in [2.45, 2.75) is 33.7 Å². The monoisotopic (exact) mass is 462 g/mol. The van der Waals surface area contributed by atoms with E-state index in [0.29, 0.717) is 11.7 Å². The number of aromatic amines is 1. The van der Waals surface area contributed by atoms with Crippen molar-refractivity contribution >= 4 is 45.5 Å². The summed E-state index contributed by atoms with van der Waals surface area (Å²) in [7, 11) is 0. The number of rotatable bonds is 6. The third-order valence-corrected chi connectivity index (χ3v) is 6.15. The third kappa shape index (κ3) is 5.29. The molecule has 2 aromatic heterocycles. The van der Waals surface area contributed by atoms with Crippen LogP contribution in [0.1, 0.15) is 28.1 Å². The van der Waals surface area contributed by atoms with Crippen molar-refractivity contribution in [3.8, 4) is 0 Å². The second-order valence-corrected chi connectivity index (χ2v) is 9.04. The molecule has 4 aromatic rings. The topological polar surface area (TPSA) is 44.0 Å². The van der Waals surface area contributed by atoms with Crippen LogP contribution in [0.5, 0.6) is 0 Å². The lowest BCUT2D eigenvalue weighted by molar-refractivity contribution is 0.417. The molecule has 0 amide bonds. The first-order valence-electron chi connectivity index (χ1n) is 10.7. The van der Waals surface area contributed by atoms with Crippen LogP contribution in [0.3, 0.4) is 0 Å². The minimum Gasteiger partial charge on any atom is -0.358 e. The molecule has 32 heavy (non-hydrogen) atoms. The predicted octanol–water partition coefficient (Wildman–Crippen LogP) is 6.58. The number of halogens is 1. The van der Waals surface area contributed by atoms with Gasteiger partial charge in [-0.25, -0.2) is 0 Å². The zero-order valence-corrected chi connectivity index (χ0v) is 20.1. The van der Waals surface area contributed by atoms with Crippen molar-refractivity contribution < 1.29 is 0 Å². The van der Waals surface area contributed by atoms with Gasteiger partial charge in [0.05, 0.1) is 12.2 Å². The second kappa shape index (κ2) is 9.72. The Balaban J connectivity index is 1.57. The second-order valence-electron chi connectivity index (χ2n) is 8.22. The zero-order chi connectivity index (χ0) is 22.7. The van der Waals surface area contributed by atoms with E-state index < -0.39 is 0 Å². The Morgan fingerprint density at radius 2 is 1.84 bits per heavy atom. The highest BCUT2D eigenvalue weighted by Gasteiger charge is 2.15. The highest BCUT2D eigenvalue weighted by atomic mass is 35.5. The molecule has 0 fully saturated rings. The van der Waals surface area contributed by atoms with Crippen LogP contribution < -0.4 is 5.32 Å². The Morgan fingerprint density at radius 3 is 2.56 bits per heavy atom. The Kier molecular flexibility index (Phi) is 6.77. The van der Waals surface area contributed by atoms with Gasteiger partial charge in [0.1, 0.15) is 0 Å². The highest BCUT2D eigenvalue weighted by molar-refractivity contribution is 7.80. The van der Waals surface area contributed by atoms with E-state index in [9.17, 15) is 0 Å². The van der Waals surface area contributed by atoms with Gasteiger partial charge >= 0.3 is 0 Å². The number of thiocarbonyl (C=S) groups is 1. The minimum atomic E-state index is 0.639. The summed E-state index contributed by atoms with van der Waals surface area (Å²) < 4.78 is 0. The first-order chi connectivity index (χ1) is 15.4. The Bertz CT molecular complexity index is 1230. The molecule has 0 saturated heterocycles. The lowest BCUT2D eigenvalue weighted by Gasteiger charge is -2.26. The molecule has 4 nitrogen and oxygen atoms in total. The normalized spacial score (nSPS) is 11.0. The van der Waals surface area contributed by atoms with E-state index in [4.69, 9.17) is 23.8 Å². The number of nitrogens with one attached hydrogen (secondary N) is 2. The Morgan fingerprint density at radius 1 is 1.06 bits per heavy atom. The Hall–Kier alpha value is -2.89. The fourth-order valence-electron chi connectivity index (χ4n) is 4.11. The first-order valence-corrected chi connectivity index (χ1v) is 11.5. The highest BCUT2D eigenvalue weighted by Crippen LogP contribution is 2.26. The van der Waals surface area contributed by atoms with E-state index in [2.05, 4.69) is 59.2 Å². The lowest BCUT2D eigenvalue weighted by Crippen LogP contribution is -2.36. The van der Waals surface area contributed by atoms with Crippen molar-refractivity contribution in [1.29, 1.82) is 0 Å². The van der Waals surface area contributed by atoms with Gasteiger partial charge < -0.3 is 15.2 Å². The van der Waals surface area contributed by atoms with Gasteiger partial charge in [0.2, 0.25) is 0 Å². The molecule has 0 aliphatic rings. The van der Waals surface area contributed by atoms with Gasteiger partial charge in [-0.3, -0.25) is 4.98 Å². The smallest absolute Gasteiger partial charge is 0.173 e. The zero-order valence-electron chi connectivity index (χ0n) is 18.6. The van der Waals surface area contributed by atoms with Crippen LogP contribution in [0.25, 0.3) is 10.9 Å². The number of aromatic nitrogens is 2. The molecule has 164 valence electrons. The minimum absolute atomic E-state index is 0.639. The lowest BCUT2D eigenvalue weighted by atomic mass is 10.1. The molecule has 0 saturated carbocycles. The number of hydrogen-bond acceptors (Lipinski definition) is 2. The van der Waals surface area contributed by atoms with Crippen LogP contribution in [0, 0.1) is 20.8 Å². The maximum atomic E-state index is 6.27. The van der Waals surface area contributed by atoms with Crippen molar-refractivity contribution in [3.05, 3.63) is 93.9 Å². The number of anilines is 1. The SMILES string of the molecule is Cc1cc(C)cc(NC(=S)N(CCc2c(C)[nH]c3ccc(Cl)cc23)Cc2ccccn2)c1. The first kappa shape index (κ1) is 22.3. The van der Waals surface area contributed by atoms with Crippen molar-refractivity contribution in [2.24, 2.45) is 0 Å². The fraction of sp³-hybridized carbons (Fsp3) is 0.231. The van der Waals surface area contributed by atoms with Crippen LogP contribution in [0.2, 0.25) is 5.02 Å². The van der Waals surface area contributed by atoms with Gasteiger partial charge in [0.25, 0.3) is 0 Å². The average molecular weight is 463 g/mol. The maximum absolute atomic E-state index is 6.27. The number of aryl methyl sites for hydroxylation is 3. The molecule has 0 aliphatic carbocycles. The molecular formula is C26H27ClN4S. The molecule has 0 radical (unpaired) electrons. The molecule has 6 heteroatoms. The van der Waals surface area contributed by atoms with E-state index in [1.165, 1.54) is 22.1 Å². The summed E-state index contributed by atoms with van der Waals surface area (Å²) in [5.74, 6) is 0. The maximum Gasteiger partial charge on any atom is 0.173 e. The third-order valence-electron chi connectivity index (χ3n) is 5.55. The van der Waals surface area contributed by atoms with Gasteiger partial charge in [0, 0.05) is 40.0 Å². The number of fused-ring (bicyclic) bond motifs is 1. The quantitative estimate of drug-likeness (QED) is 0.317. The predicted molar refractivity (Wildman–Crippen MR) is 139 cm³/mol. The number of pyridine rings is 1. The molecule has 4 rings (SSSR count). The summed E-state index contributed by atoms with van der Waals surface area (Å²) in [5, 5.41) is 6.04. The summed E-state index contributed by atoms with van der Waals surface area (Å²) in [4.78, 5) is 10.2. The molecule has 0 aliphatic heterocycles. The number of benzene rings is 2. The molecular weight excluding hydrogens is 436 g/mol. The van der Waals surface area contributed by atoms with Crippen LogP contribution in [-0.4, -0.2) is 26.5 Å². The largest absolute Gasteiger partial charge is 0.358 e. The molecule has 2 heterocycles. The van der Waals surface area contributed by atoms with E-state index in [1.54, 1.807) is 0 Å². The van der Waals surface area contributed by atoms with Crippen LogP contribution in [-0.2, 0) is 13.0 Å². The summed E-state index contributed by atoms with van der Waals surface area (Å²) in [6, 6.07) is 18.3. The molecule has 0 atom stereocenters. The number of nitrogens with zero attached hydrogens (tertiary/aromatic N) is 2. The van der Waals surface area contributed by atoms with Gasteiger partial charge in [-0.15, -0.1) is 0 Å². The van der Waals surface area contributed by atoms with Crippen molar-refractivity contribution in [2.75, 3.05) is 11.9 Å². The fourth-order valence-corrected chi connectivity index (χ4v) is 4.56. The summed E-state index contributed by atoms with van der Waals surface area (Å²) in [5.41, 5.74) is 7.94. The molecule has 2 N–H and O–H groups in total. The van der Waals surface area contributed by atoms with Gasteiger partial charge in [-0.05, 0) is 98.6 Å². The van der Waals surface area contributed by atoms with E-state index >= 15 is 0 Å². The standard InChI is InChI=1S/C26H27ClN4S/c1-17-12-18(2)14-22(13-17)30-26(32)31(16-21-6-4-5-10-28-21)11-9-23-19(3)29-25-8-7-20(27)15-24(23)25/h4-8,10,12-15,29H,9,11,16H2,1-3H3,(H,30,32). The van der Waals surface area contributed by atoms with Gasteiger partial charge in [-0.2, -0.15) is 0 Å². The number of hydrogen-bond donors (Lipinski definition) is 2. The number of H-pyrrole nitrogens is 1. The van der Waals surface area contributed by atoms with Crippen LogP contribution in [0.4, 0.5) is 5.69 Å². The summed E-state index contributed by atoms with van der Waals surface area (Å²) in [6.07, 6.45) is 2.66. The molecule has 0 unspecified atom stereocenters. The van der Waals surface area contributed by atoms with Crippen LogP contribution in [0.15, 0.2) is 60.8 Å². The Labute approximate surface area is 199 Å².